The van der Waals surface area contributed by atoms with Crippen molar-refractivity contribution in [3.05, 3.63) is 94.0 Å². The van der Waals surface area contributed by atoms with Gasteiger partial charge in [-0.05, 0) is 64.3 Å². The monoisotopic (exact) mass is 613 g/mol. The van der Waals surface area contributed by atoms with E-state index in [-0.39, 0.29) is 21.5 Å². The fourth-order valence-corrected chi connectivity index (χ4v) is 5.81. The molecule has 4 rings (SSSR count). The number of benzene rings is 2. The topological polar surface area (TPSA) is 63.9 Å². The van der Waals surface area contributed by atoms with E-state index in [2.05, 4.69) is 20.9 Å². The summed E-state index contributed by atoms with van der Waals surface area (Å²) in [5.74, 6) is -1.20. The van der Waals surface area contributed by atoms with Gasteiger partial charge in [-0.3, -0.25) is 9.36 Å². The Morgan fingerprint density at radius 1 is 1.24 bits per heavy atom. The molecular weight excluding hydrogens is 595 g/mol. The smallest absolute Gasteiger partial charge is 0.434 e. The van der Waals surface area contributed by atoms with Gasteiger partial charge in [-0.25, -0.2) is 9.79 Å². The van der Waals surface area contributed by atoms with Gasteiger partial charge in [0.2, 0.25) is 0 Å². The summed E-state index contributed by atoms with van der Waals surface area (Å²) in [4.78, 5) is 31.9. The number of thiazole rings is 1. The summed E-state index contributed by atoms with van der Waals surface area (Å²) in [7, 11) is 3.77. The molecule has 0 bridgehead atoms. The number of hydrogen-bond acceptors (Lipinski definition) is 6. The highest BCUT2D eigenvalue weighted by Gasteiger charge is 2.45. The van der Waals surface area contributed by atoms with Gasteiger partial charge in [0.1, 0.15) is 0 Å². The number of halogens is 5. The van der Waals surface area contributed by atoms with Crippen molar-refractivity contribution >= 4 is 56.6 Å². The standard InChI is InChI=1S/C25H20BrClF3N3O3S/c1-4-36-23(35)19-20(14-6-8-15(27)9-7-14)33-22(34)18(37-24(33)31-21(19)25(28,29)30)12-13-5-10-17(32(2)3)16(26)11-13/h5-12,20H,4H2,1-3H3/b18-12-/t20-/m1/s1. The molecule has 0 saturated carbocycles. The molecule has 3 aromatic rings. The molecule has 1 aliphatic rings. The number of alkyl halides is 3. The van der Waals surface area contributed by atoms with Crippen molar-refractivity contribution in [2.24, 2.45) is 4.99 Å². The Kier molecular flexibility index (Phi) is 7.68. The third kappa shape index (κ3) is 5.39. The molecule has 0 N–H and O–H groups in total. The number of aromatic nitrogens is 1. The largest absolute Gasteiger partial charge is 0.463 e. The lowest BCUT2D eigenvalue weighted by Crippen LogP contribution is -2.41. The quantitative estimate of drug-likeness (QED) is 0.387. The summed E-state index contributed by atoms with van der Waals surface area (Å²) < 4.78 is 49.5. The molecule has 12 heteroatoms. The minimum absolute atomic E-state index is 0.150. The lowest BCUT2D eigenvalue weighted by Gasteiger charge is -2.26. The molecule has 6 nitrogen and oxygen atoms in total. The number of ether oxygens (including phenoxy) is 1. The summed E-state index contributed by atoms with van der Waals surface area (Å²) in [5, 5.41) is 0.348. The van der Waals surface area contributed by atoms with Crippen molar-refractivity contribution in [3.63, 3.8) is 0 Å². The second-order valence-corrected chi connectivity index (χ2v) is 10.5. The van der Waals surface area contributed by atoms with E-state index < -0.39 is 35.0 Å². The van der Waals surface area contributed by atoms with Crippen LogP contribution in [0.4, 0.5) is 18.9 Å². The Balaban J connectivity index is 2.00. The highest BCUT2D eigenvalue weighted by atomic mass is 79.9. The number of esters is 1. The predicted octanol–water partition coefficient (Wildman–Crippen LogP) is 4.82. The molecule has 0 amide bonds. The fourth-order valence-electron chi connectivity index (χ4n) is 3.93. The predicted molar refractivity (Wildman–Crippen MR) is 141 cm³/mol. The van der Waals surface area contributed by atoms with Crippen LogP contribution in [0.1, 0.15) is 24.1 Å². The fraction of sp³-hybridized carbons (Fsp3) is 0.240. The van der Waals surface area contributed by atoms with Crippen LogP contribution in [0.3, 0.4) is 0 Å². The van der Waals surface area contributed by atoms with E-state index in [4.69, 9.17) is 16.3 Å². The molecule has 0 spiro atoms. The Morgan fingerprint density at radius 2 is 1.92 bits per heavy atom. The maximum Gasteiger partial charge on any atom is 0.434 e. The van der Waals surface area contributed by atoms with Gasteiger partial charge in [-0.1, -0.05) is 41.1 Å². The normalized spacial score (nSPS) is 15.9. The minimum atomic E-state index is -4.96. The first-order valence-electron chi connectivity index (χ1n) is 10.9. The molecule has 0 aliphatic carbocycles. The van der Waals surface area contributed by atoms with Crippen LogP contribution in [0.2, 0.25) is 5.02 Å². The van der Waals surface area contributed by atoms with Gasteiger partial charge in [0.15, 0.2) is 10.5 Å². The summed E-state index contributed by atoms with van der Waals surface area (Å²) in [6.07, 6.45) is -3.39. The van der Waals surface area contributed by atoms with E-state index in [1.165, 1.54) is 31.2 Å². The van der Waals surface area contributed by atoms with E-state index >= 15 is 0 Å². The lowest BCUT2D eigenvalue weighted by molar-refractivity contribution is -0.140. The SMILES string of the molecule is CCOC(=O)C1=C(C(F)(F)F)N=c2s/c(=C\c3ccc(N(C)C)c(Br)c3)c(=O)n2[C@@H]1c1ccc(Cl)cc1. The van der Waals surface area contributed by atoms with Gasteiger partial charge in [-0.15, -0.1) is 0 Å². The van der Waals surface area contributed by atoms with Crippen LogP contribution in [0.15, 0.2) is 68.0 Å². The Labute approximate surface area is 227 Å². The van der Waals surface area contributed by atoms with Crippen LogP contribution in [-0.2, 0) is 9.53 Å². The molecule has 37 heavy (non-hydrogen) atoms. The molecular formula is C25H20BrClF3N3O3S. The molecule has 0 radical (unpaired) electrons. The van der Waals surface area contributed by atoms with E-state index in [0.29, 0.717) is 10.6 Å². The molecule has 1 aliphatic heterocycles. The molecule has 2 heterocycles. The highest BCUT2D eigenvalue weighted by Crippen LogP contribution is 2.38. The molecule has 194 valence electrons. The third-order valence-electron chi connectivity index (χ3n) is 5.53. The first-order valence-corrected chi connectivity index (χ1v) is 12.9. The number of carbonyl (C=O) groups is 1. The van der Waals surface area contributed by atoms with Gasteiger partial charge in [0.05, 0.1) is 28.4 Å². The lowest BCUT2D eigenvalue weighted by atomic mass is 9.95. The average Bonchev–Trinajstić information content (AvgIpc) is 3.13. The first-order chi connectivity index (χ1) is 17.4. The van der Waals surface area contributed by atoms with Crippen molar-refractivity contribution in [1.82, 2.24) is 4.57 Å². The van der Waals surface area contributed by atoms with E-state index in [1.807, 2.05) is 25.1 Å². The Morgan fingerprint density at radius 3 is 2.49 bits per heavy atom. The number of anilines is 1. The van der Waals surface area contributed by atoms with Crippen molar-refractivity contribution in [2.45, 2.75) is 19.1 Å². The van der Waals surface area contributed by atoms with Crippen LogP contribution in [0.25, 0.3) is 6.08 Å². The zero-order valence-corrected chi connectivity index (χ0v) is 22.9. The third-order valence-corrected chi connectivity index (χ3v) is 7.40. The molecule has 1 aromatic heterocycles. The number of allylic oxidation sites excluding steroid dienone is 1. The summed E-state index contributed by atoms with van der Waals surface area (Å²) in [5.41, 5.74) is -0.901. The van der Waals surface area contributed by atoms with Crippen molar-refractivity contribution in [2.75, 3.05) is 25.6 Å². The summed E-state index contributed by atoms with van der Waals surface area (Å²) in [6.45, 7) is 1.33. The Hall–Kier alpha value is -2.89. The van der Waals surface area contributed by atoms with Crippen LogP contribution in [0, 0.1) is 0 Å². The zero-order chi connectivity index (χ0) is 27.1. The summed E-state index contributed by atoms with van der Waals surface area (Å²) >= 11 is 10.3. The zero-order valence-electron chi connectivity index (χ0n) is 19.8. The van der Waals surface area contributed by atoms with Gasteiger partial charge in [-0.2, -0.15) is 13.2 Å². The first kappa shape index (κ1) is 27.2. The van der Waals surface area contributed by atoms with E-state index in [9.17, 15) is 22.8 Å². The summed E-state index contributed by atoms with van der Waals surface area (Å²) in [6, 6.07) is 9.94. The van der Waals surface area contributed by atoms with Crippen molar-refractivity contribution in [3.8, 4) is 0 Å². The van der Waals surface area contributed by atoms with E-state index in [1.54, 1.807) is 18.2 Å². The number of fused-ring (bicyclic) bond motifs is 1. The van der Waals surface area contributed by atoms with Gasteiger partial charge in [0, 0.05) is 23.6 Å². The molecule has 0 fully saturated rings. The van der Waals surface area contributed by atoms with Crippen LogP contribution in [-0.4, -0.2) is 37.4 Å². The second-order valence-electron chi connectivity index (χ2n) is 8.22. The van der Waals surface area contributed by atoms with Gasteiger partial charge < -0.3 is 9.64 Å². The highest BCUT2D eigenvalue weighted by molar-refractivity contribution is 9.10. The van der Waals surface area contributed by atoms with Crippen molar-refractivity contribution < 1.29 is 22.7 Å². The maximum atomic E-state index is 14.2. The minimum Gasteiger partial charge on any atom is -0.463 e. The average molecular weight is 615 g/mol. The van der Waals surface area contributed by atoms with Crippen LogP contribution < -0.4 is 19.8 Å². The number of nitrogens with zero attached hydrogens (tertiary/aromatic N) is 3. The van der Waals surface area contributed by atoms with Crippen LogP contribution >= 0.6 is 38.9 Å². The number of hydrogen-bond donors (Lipinski definition) is 0. The Bertz CT molecular complexity index is 1580. The molecule has 2 aromatic carbocycles. The van der Waals surface area contributed by atoms with Gasteiger partial charge in [0.25, 0.3) is 5.56 Å². The molecule has 1 atom stereocenters. The van der Waals surface area contributed by atoms with Gasteiger partial charge >= 0.3 is 12.1 Å². The van der Waals surface area contributed by atoms with Crippen LogP contribution in [0.5, 0.6) is 0 Å². The molecule has 0 unspecified atom stereocenters. The van der Waals surface area contributed by atoms with Crippen molar-refractivity contribution in [1.29, 1.82) is 0 Å². The maximum absolute atomic E-state index is 14.2. The molecule has 0 saturated heterocycles. The number of carbonyl (C=O) groups excluding carboxylic acids is 1. The number of rotatable bonds is 5. The second kappa shape index (κ2) is 10.5. The van der Waals surface area contributed by atoms with E-state index in [0.717, 1.165) is 26.1 Å².